The average Bonchev–Trinajstić information content (AvgIpc) is 3.43. The van der Waals surface area contributed by atoms with Gasteiger partial charge in [0, 0.05) is 24.8 Å². The van der Waals surface area contributed by atoms with Gasteiger partial charge in [0.2, 0.25) is 17.7 Å². The van der Waals surface area contributed by atoms with Gasteiger partial charge in [0.1, 0.15) is 0 Å². The molecular weight excluding hydrogens is 342 g/mol. The van der Waals surface area contributed by atoms with Gasteiger partial charge in [-0.15, -0.1) is 0 Å². The Kier molecular flexibility index (Phi) is 5.54. The number of rotatable bonds is 6. The van der Waals surface area contributed by atoms with Crippen LogP contribution < -0.4 is 16.0 Å². The molecule has 2 aromatic rings. The number of aryl methyl sites for hydroxylation is 1. The van der Waals surface area contributed by atoms with Crippen molar-refractivity contribution in [2.45, 2.75) is 26.8 Å². The fourth-order valence-electron chi connectivity index (χ4n) is 2.88. The Hall–Kier alpha value is -3.15. The van der Waals surface area contributed by atoms with Gasteiger partial charge in [0.05, 0.1) is 11.8 Å². The van der Waals surface area contributed by atoms with Gasteiger partial charge in [0.15, 0.2) is 0 Å². The molecule has 140 valence electrons. The van der Waals surface area contributed by atoms with Crippen LogP contribution in [0.2, 0.25) is 0 Å². The first-order valence-corrected chi connectivity index (χ1v) is 8.94. The molecule has 0 heterocycles. The first kappa shape index (κ1) is 18.6. The maximum atomic E-state index is 12.3. The van der Waals surface area contributed by atoms with E-state index in [1.807, 2.05) is 31.2 Å². The topological polar surface area (TPSA) is 87.3 Å². The monoisotopic (exact) mass is 365 g/mol. The van der Waals surface area contributed by atoms with Crippen LogP contribution in [0.4, 0.5) is 11.4 Å². The Balaban J connectivity index is 1.46. The lowest BCUT2D eigenvalue weighted by Gasteiger charge is -2.08. The van der Waals surface area contributed by atoms with Crippen molar-refractivity contribution in [1.29, 1.82) is 0 Å². The van der Waals surface area contributed by atoms with E-state index in [1.54, 1.807) is 24.3 Å². The van der Waals surface area contributed by atoms with E-state index < -0.39 is 0 Å². The number of amides is 3. The summed E-state index contributed by atoms with van der Waals surface area (Å²) in [6.07, 6.45) is 0.565. The lowest BCUT2D eigenvalue weighted by atomic mass is 10.1. The van der Waals surface area contributed by atoms with E-state index in [1.165, 1.54) is 12.5 Å². The van der Waals surface area contributed by atoms with Gasteiger partial charge >= 0.3 is 0 Å². The van der Waals surface area contributed by atoms with Crippen LogP contribution in [0.3, 0.4) is 0 Å². The van der Waals surface area contributed by atoms with E-state index in [-0.39, 0.29) is 29.6 Å². The van der Waals surface area contributed by atoms with Crippen molar-refractivity contribution in [2.24, 2.45) is 11.8 Å². The predicted molar refractivity (Wildman–Crippen MR) is 104 cm³/mol. The molecule has 0 spiro atoms. The van der Waals surface area contributed by atoms with Crippen molar-refractivity contribution in [3.63, 3.8) is 0 Å². The van der Waals surface area contributed by atoms with Gasteiger partial charge in [-0.2, -0.15) is 0 Å². The molecule has 0 aromatic heterocycles. The van der Waals surface area contributed by atoms with E-state index in [0.717, 1.165) is 5.56 Å². The third-order valence-electron chi connectivity index (χ3n) is 4.52. The molecule has 2 unspecified atom stereocenters. The lowest BCUT2D eigenvalue weighted by Crippen LogP contribution is -2.27. The molecule has 0 aliphatic heterocycles. The second kappa shape index (κ2) is 8.03. The van der Waals surface area contributed by atoms with Crippen LogP contribution in [0, 0.1) is 18.8 Å². The maximum absolute atomic E-state index is 12.3. The van der Waals surface area contributed by atoms with E-state index in [0.29, 0.717) is 24.3 Å². The summed E-state index contributed by atoms with van der Waals surface area (Å²) < 4.78 is 0. The van der Waals surface area contributed by atoms with Crippen molar-refractivity contribution in [3.8, 4) is 0 Å². The number of benzene rings is 2. The van der Waals surface area contributed by atoms with Crippen LogP contribution in [0.15, 0.2) is 48.5 Å². The van der Waals surface area contributed by atoms with E-state index in [9.17, 15) is 14.4 Å². The molecular formula is C21H23N3O3. The molecule has 2 aromatic carbocycles. The zero-order valence-corrected chi connectivity index (χ0v) is 15.4. The Labute approximate surface area is 158 Å². The molecule has 3 amide bonds. The van der Waals surface area contributed by atoms with Crippen LogP contribution in [0.5, 0.6) is 0 Å². The number of hydrogen-bond donors (Lipinski definition) is 3. The second-order valence-electron chi connectivity index (χ2n) is 6.90. The summed E-state index contributed by atoms with van der Waals surface area (Å²) in [5.41, 5.74) is 3.52. The zero-order chi connectivity index (χ0) is 19.4. The summed E-state index contributed by atoms with van der Waals surface area (Å²) in [7, 11) is 0. The Morgan fingerprint density at radius 1 is 0.852 bits per heavy atom. The minimum absolute atomic E-state index is 0.0864. The second-order valence-corrected chi connectivity index (χ2v) is 6.90. The summed E-state index contributed by atoms with van der Waals surface area (Å²) in [4.78, 5) is 35.5. The van der Waals surface area contributed by atoms with Crippen LogP contribution in [0.25, 0.3) is 0 Å². The molecule has 3 N–H and O–H groups in total. The summed E-state index contributed by atoms with van der Waals surface area (Å²) in [5.74, 6) is -0.953. The van der Waals surface area contributed by atoms with Crippen molar-refractivity contribution < 1.29 is 14.4 Å². The fourth-order valence-corrected chi connectivity index (χ4v) is 2.88. The number of nitrogens with one attached hydrogen (secondary N) is 3. The largest absolute Gasteiger partial charge is 0.352 e. The molecule has 1 aliphatic rings. The van der Waals surface area contributed by atoms with Crippen LogP contribution in [-0.4, -0.2) is 17.7 Å². The Morgan fingerprint density at radius 2 is 1.41 bits per heavy atom. The standard InChI is InChI=1S/C21H23N3O3/c1-13-3-5-15(6-4-13)12-22-20(26)18-11-19(18)21(27)24-17-9-7-16(8-10-17)23-14(2)25/h3-10,18-19H,11-12H2,1-2H3,(H,22,26)(H,23,25)(H,24,27). The van der Waals surface area contributed by atoms with Gasteiger partial charge < -0.3 is 16.0 Å². The van der Waals surface area contributed by atoms with Crippen molar-refractivity contribution in [3.05, 3.63) is 59.7 Å². The average molecular weight is 365 g/mol. The molecule has 6 heteroatoms. The van der Waals surface area contributed by atoms with Crippen LogP contribution in [-0.2, 0) is 20.9 Å². The zero-order valence-electron chi connectivity index (χ0n) is 15.4. The molecule has 1 saturated carbocycles. The number of hydrogen-bond acceptors (Lipinski definition) is 3. The highest BCUT2D eigenvalue weighted by Gasteiger charge is 2.47. The van der Waals surface area contributed by atoms with Gasteiger partial charge in [0.25, 0.3) is 0 Å². The highest BCUT2D eigenvalue weighted by atomic mass is 16.2. The molecule has 0 bridgehead atoms. The van der Waals surface area contributed by atoms with E-state index in [2.05, 4.69) is 16.0 Å². The molecule has 3 rings (SSSR count). The Bertz CT molecular complexity index is 844. The quantitative estimate of drug-likeness (QED) is 0.736. The van der Waals surface area contributed by atoms with Crippen LogP contribution in [0.1, 0.15) is 24.5 Å². The maximum Gasteiger partial charge on any atom is 0.228 e. The minimum atomic E-state index is -0.293. The fraction of sp³-hybridized carbons (Fsp3) is 0.286. The highest BCUT2D eigenvalue weighted by molar-refractivity contribution is 5.99. The number of carbonyl (C=O) groups is 3. The third-order valence-corrected chi connectivity index (χ3v) is 4.52. The molecule has 1 fully saturated rings. The summed E-state index contributed by atoms with van der Waals surface area (Å²) >= 11 is 0. The summed E-state index contributed by atoms with van der Waals surface area (Å²) in [5, 5.41) is 8.38. The van der Waals surface area contributed by atoms with Gasteiger partial charge in [-0.3, -0.25) is 14.4 Å². The Morgan fingerprint density at radius 3 is 2.00 bits per heavy atom. The lowest BCUT2D eigenvalue weighted by molar-refractivity contribution is -0.125. The minimum Gasteiger partial charge on any atom is -0.352 e. The van der Waals surface area contributed by atoms with Crippen LogP contribution >= 0.6 is 0 Å². The first-order chi connectivity index (χ1) is 12.9. The van der Waals surface area contributed by atoms with Crippen molar-refractivity contribution in [2.75, 3.05) is 10.6 Å². The summed E-state index contributed by atoms with van der Waals surface area (Å²) in [6.45, 7) is 3.92. The number of carbonyl (C=O) groups excluding carboxylic acids is 3. The molecule has 6 nitrogen and oxygen atoms in total. The van der Waals surface area contributed by atoms with E-state index in [4.69, 9.17) is 0 Å². The molecule has 0 saturated heterocycles. The highest BCUT2D eigenvalue weighted by Crippen LogP contribution is 2.39. The molecule has 27 heavy (non-hydrogen) atoms. The predicted octanol–water partition coefficient (Wildman–Crippen LogP) is 2.84. The van der Waals surface area contributed by atoms with Gasteiger partial charge in [-0.05, 0) is 43.2 Å². The third kappa shape index (κ3) is 5.17. The number of anilines is 2. The van der Waals surface area contributed by atoms with Crippen molar-refractivity contribution in [1.82, 2.24) is 5.32 Å². The van der Waals surface area contributed by atoms with E-state index >= 15 is 0 Å². The molecule has 0 radical (unpaired) electrons. The smallest absolute Gasteiger partial charge is 0.228 e. The van der Waals surface area contributed by atoms with Crippen molar-refractivity contribution >= 4 is 29.1 Å². The SMILES string of the molecule is CC(=O)Nc1ccc(NC(=O)C2CC2C(=O)NCc2ccc(C)cc2)cc1. The van der Waals surface area contributed by atoms with Gasteiger partial charge in [-0.25, -0.2) is 0 Å². The van der Waals surface area contributed by atoms with Gasteiger partial charge in [-0.1, -0.05) is 29.8 Å². The first-order valence-electron chi connectivity index (χ1n) is 8.94. The normalized spacial score (nSPS) is 17.7. The molecule has 1 aliphatic carbocycles. The molecule has 2 atom stereocenters. The summed E-state index contributed by atoms with van der Waals surface area (Å²) in [6, 6.07) is 14.9.